The number of hydrogen-bond acceptors (Lipinski definition) is 3. The van der Waals surface area contributed by atoms with Crippen molar-refractivity contribution in [3.63, 3.8) is 0 Å². The molecule has 0 saturated carbocycles. The molecule has 0 radical (unpaired) electrons. The third-order valence-electron chi connectivity index (χ3n) is 2.65. The maximum Gasteiger partial charge on any atom is 0.127 e. The van der Waals surface area contributed by atoms with Gasteiger partial charge in [-0.2, -0.15) is 0 Å². The number of hydrogen-bond donors (Lipinski definition) is 1. The number of ether oxygens (including phenoxy) is 1. The van der Waals surface area contributed by atoms with E-state index in [9.17, 15) is 0 Å². The van der Waals surface area contributed by atoms with Crippen LogP contribution in [0, 0.1) is 0 Å². The van der Waals surface area contributed by atoms with Gasteiger partial charge in [-0.25, -0.2) is 0 Å². The average Bonchev–Trinajstić information content (AvgIpc) is 2.42. The molecule has 0 heterocycles. The number of oxime groups is 1. The summed E-state index contributed by atoms with van der Waals surface area (Å²) in [5.41, 5.74) is 2.11. The SMILES string of the molecule is CCc1ccc(Oc2ccc(C=NO)cc2)cc1. The summed E-state index contributed by atoms with van der Waals surface area (Å²) in [5, 5.41) is 11.4. The van der Waals surface area contributed by atoms with Gasteiger partial charge >= 0.3 is 0 Å². The Morgan fingerprint density at radius 3 is 2.06 bits per heavy atom. The predicted octanol–water partition coefficient (Wildman–Crippen LogP) is 3.85. The molecule has 0 aliphatic heterocycles. The van der Waals surface area contributed by atoms with Crippen LogP contribution < -0.4 is 4.74 Å². The van der Waals surface area contributed by atoms with E-state index in [-0.39, 0.29) is 0 Å². The molecule has 92 valence electrons. The molecule has 0 aromatic heterocycles. The van der Waals surface area contributed by atoms with Gasteiger partial charge in [-0.1, -0.05) is 24.2 Å². The van der Waals surface area contributed by atoms with Crippen LogP contribution in [0.2, 0.25) is 0 Å². The predicted molar refractivity (Wildman–Crippen MR) is 71.7 cm³/mol. The summed E-state index contributed by atoms with van der Waals surface area (Å²) in [5.74, 6) is 1.57. The summed E-state index contributed by atoms with van der Waals surface area (Å²) in [7, 11) is 0. The van der Waals surface area contributed by atoms with Crippen molar-refractivity contribution in [3.8, 4) is 11.5 Å². The lowest BCUT2D eigenvalue weighted by Crippen LogP contribution is -1.86. The number of nitrogens with zero attached hydrogens (tertiary/aromatic N) is 1. The fourth-order valence-electron chi connectivity index (χ4n) is 1.62. The van der Waals surface area contributed by atoms with Gasteiger partial charge in [0, 0.05) is 0 Å². The Morgan fingerprint density at radius 2 is 1.56 bits per heavy atom. The number of aryl methyl sites for hydroxylation is 1. The second kappa shape index (κ2) is 5.87. The fraction of sp³-hybridized carbons (Fsp3) is 0.133. The smallest absolute Gasteiger partial charge is 0.127 e. The van der Waals surface area contributed by atoms with Crippen LogP contribution in [0.3, 0.4) is 0 Å². The summed E-state index contributed by atoms with van der Waals surface area (Å²) >= 11 is 0. The molecule has 0 aliphatic rings. The highest BCUT2D eigenvalue weighted by atomic mass is 16.5. The van der Waals surface area contributed by atoms with E-state index < -0.39 is 0 Å². The number of rotatable bonds is 4. The minimum atomic E-state index is 0.759. The fourth-order valence-corrected chi connectivity index (χ4v) is 1.62. The lowest BCUT2D eigenvalue weighted by atomic mass is 10.2. The molecule has 1 N–H and O–H groups in total. The van der Waals surface area contributed by atoms with Gasteiger partial charge in [0.05, 0.1) is 6.21 Å². The van der Waals surface area contributed by atoms with Gasteiger partial charge in [0.2, 0.25) is 0 Å². The van der Waals surface area contributed by atoms with Gasteiger partial charge < -0.3 is 9.94 Å². The van der Waals surface area contributed by atoms with Crippen molar-refractivity contribution in [3.05, 3.63) is 59.7 Å². The van der Waals surface area contributed by atoms with Gasteiger partial charge in [-0.15, -0.1) is 0 Å². The van der Waals surface area contributed by atoms with Crippen molar-refractivity contribution in [2.75, 3.05) is 0 Å². The first-order chi connectivity index (χ1) is 8.81. The van der Waals surface area contributed by atoms with Crippen molar-refractivity contribution in [1.82, 2.24) is 0 Å². The highest BCUT2D eigenvalue weighted by Gasteiger charge is 1.97. The van der Waals surface area contributed by atoms with E-state index in [1.165, 1.54) is 11.8 Å². The summed E-state index contributed by atoms with van der Waals surface area (Å²) in [6, 6.07) is 15.4. The third kappa shape index (κ3) is 3.10. The molecule has 2 aromatic carbocycles. The highest BCUT2D eigenvalue weighted by molar-refractivity contribution is 5.79. The van der Waals surface area contributed by atoms with Crippen molar-refractivity contribution < 1.29 is 9.94 Å². The Morgan fingerprint density at radius 1 is 1.00 bits per heavy atom. The molecule has 0 unspecified atom stereocenters. The lowest BCUT2D eigenvalue weighted by Gasteiger charge is -2.06. The summed E-state index contributed by atoms with van der Waals surface area (Å²) in [6.07, 6.45) is 2.40. The average molecular weight is 241 g/mol. The molecule has 18 heavy (non-hydrogen) atoms. The second-order valence-corrected chi connectivity index (χ2v) is 3.91. The molecule has 0 atom stereocenters. The summed E-state index contributed by atoms with van der Waals surface area (Å²) < 4.78 is 5.70. The Hall–Kier alpha value is -2.29. The first kappa shape index (κ1) is 12.2. The van der Waals surface area contributed by atoms with Crippen LogP contribution >= 0.6 is 0 Å². The van der Waals surface area contributed by atoms with E-state index in [4.69, 9.17) is 9.94 Å². The van der Waals surface area contributed by atoms with Crippen molar-refractivity contribution in [2.24, 2.45) is 5.16 Å². The molecule has 2 aromatic rings. The number of benzene rings is 2. The molecule has 2 rings (SSSR count). The van der Waals surface area contributed by atoms with E-state index >= 15 is 0 Å². The van der Waals surface area contributed by atoms with E-state index in [0.29, 0.717) is 0 Å². The maximum atomic E-state index is 8.41. The van der Waals surface area contributed by atoms with Crippen molar-refractivity contribution in [2.45, 2.75) is 13.3 Å². The molecule has 0 spiro atoms. The van der Waals surface area contributed by atoms with Gasteiger partial charge in [0.15, 0.2) is 0 Å². The minimum Gasteiger partial charge on any atom is -0.457 e. The zero-order valence-electron chi connectivity index (χ0n) is 10.2. The maximum absolute atomic E-state index is 8.41. The summed E-state index contributed by atoms with van der Waals surface area (Å²) in [4.78, 5) is 0. The first-order valence-corrected chi connectivity index (χ1v) is 5.86. The topological polar surface area (TPSA) is 41.8 Å². The van der Waals surface area contributed by atoms with Crippen molar-refractivity contribution >= 4 is 6.21 Å². The second-order valence-electron chi connectivity index (χ2n) is 3.91. The van der Waals surface area contributed by atoms with Crippen molar-refractivity contribution in [1.29, 1.82) is 0 Å². The van der Waals surface area contributed by atoms with Gasteiger partial charge in [-0.3, -0.25) is 0 Å². The minimum absolute atomic E-state index is 0.759. The lowest BCUT2D eigenvalue weighted by molar-refractivity contribution is 0.322. The Balaban J connectivity index is 2.08. The van der Waals surface area contributed by atoms with Crippen LogP contribution in [0.4, 0.5) is 0 Å². The van der Waals surface area contributed by atoms with E-state index in [1.54, 1.807) is 0 Å². The highest BCUT2D eigenvalue weighted by Crippen LogP contribution is 2.21. The quantitative estimate of drug-likeness (QED) is 0.502. The third-order valence-corrected chi connectivity index (χ3v) is 2.65. The molecular formula is C15H15NO2. The van der Waals surface area contributed by atoms with E-state index in [0.717, 1.165) is 23.5 Å². The van der Waals surface area contributed by atoms with Crippen LogP contribution in [0.25, 0.3) is 0 Å². The van der Waals surface area contributed by atoms with Crippen LogP contribution in [0.15, 0.2) is 53.7 Å². The molecule has 0 aliphatic carbocycles. The summed E-state index contributed by atoms with van der Waals surface area (Å²) in [6.45, 7) is 2.12. The Bertz CT molecular complexity index is 515. The molecule has 0 bridgehead atoms. The normalized spacial score (nSPS) is 10.7. The van der Waals surface area contributed by atoms with Crippen LogP contribution in [-0.2, 0) is 6.42 Å². The zero-order chi connectivity index (χ0) is 12.8. The molecule has 0 saturated heterocycles. The van der Waals surface area contributed by atoms with Gasteiger partial charge in [0.1, 0.15) is 11.5 Å². The first-order valence-electron chi connectivity index (χ1n) is 5.86. The molecule has 0 fully saturated rings. The molecule has 0 amide bonds. The standard InChI is InChI=1S/C15H15NO2/c1-2-12-3-7-14(8-4-12)18-15-9-5-13(6-10-15)11-16-17/h3-11,17H,2H2,1H3. The van der Waals surface area contributed by atoms with E-state index in [2.05, 4.69) is 24.2 Å². The van der Waals surface area contributed by atoms with Crippen LogP contribution in [0.5, 0.6) is 11.5 Å². The Labute approximate surface area is 106 Å². The molecule has 3 heteroatoms. The largest absolute Gasteiger partial charge is 0.457 e. The van der Waals surface area contributed by atoms with Crippen LogP contribution in [-0.4, -0.2) is 11.4 Å². The Kier molecular flexibility index (Phi) is 3.97. The van der Waals surface area contributed by atoms with Gasteiger partial charge in [-0.05, 0) is 53.9 Å². The molecular weight excluding hydrogens is 226 g/mol. The van der Waals surface area contributed by atoms with Gasteiger partial charge in [0.25, 0.3) is 0 Å². The molecule has 3 nitrogen and oxygen atoms in total. The zero-order valence-corrected chi connectivity index (χ0v) is 10.2. The monoisotopic (exact) mass is 241 g/mol. The van der Waals surface area contributed by atoms with Crippen LogP contribution in [0.1, 0.15) is 18.1 Å². The van der Waals surface area contributed by atoms with E-state index in [1.807, 2.05) is 36.4 Å².